The first-order chi connectivity index (χ1) is 14.2. The average Bonchev–Trinajstić information content (AvgIpc) is 3.33. The van der Waals surface area contributed by atoms with Gasteiger partial charge in [-0.2, -0.15) is 13.2 Å². The molecular weight excluding hydrogens is 399 g/mol. The summed E-state index contributed by atoms with van der Waals surface area (Å²) in [6, 6.07) is 4.57. The number of benzene rings is 1. The highest BCUT2D eigenvalue weighted by Crippen LogP contribution is 2.49. The molecule has 9 heteroatoms. The molecule has 0 aliphatic carbocycles. The summed E-state index contributed by atoms with van der Waals surface area (Å²) in [5.41, 5.74) is -1.08. The van der Waals surface area contributed by atoms with Gasteiger partial charge in [0.2, 0.25) is 11.8 Å². The van der Waals surface area contributed by atoms with Gasteiger partial charge in [0, 0.05) is 43.2 Å². The van der Waals surface area contributed by atoms with Gasteiger partial charge in [0.15, 0.2) is 0 Å². The minimum Gasteiger partial charge on any atom is -0.425 e. The largest absolute Gasteiger partial charge is 0.425 e. The van der Waals surface area contributed by atoms with Gasteiger partial charge < -0.3 is 14.1 Å². The summed E-state index contributed by atoms with van der Waals surface area (Å²) in [5, 5.41) is 8.37. The molecule has 0 saturated carbocycles. The van der Waals surface area contributed by atoms with Crippen molar-refractivity contribution >= 4 is 5.91 Å². The Morgan fingerprint density at radius 3 is 2.60 bits per heavy atom. The van der Waals surface area contributed by atoms with Crippen LogP contribution in [0.1, 0.15) is 66.2 Å². The van der Waals surface area contributed by atoms with Crippen LogP contribution in [0.5, 0.6) is 0 Å². The van der Waals surface area contributed by atoms with Gasteiger partial charge in [-0.15, -0.1) is 10.2 Å². The fourth-order valence-corrected chi connectivity index (χ4v) is 4.38. The first-order valence-corrected chi connectivity index (χ1v) is 10.1. The maximum Gasteiger partial charge on any atom is 0.416 e. The van der Waals surface area contributed by atoms with Gasteiger partial charge in [-0.1, -0.05) is 19.9 Å². The predicted octanol–water partition coefficient (Wildman–Crippen LogP) is 4.25. The van der Waals surface area contributed by atoms with E-state index in [-0.39, 0.29) is 22.8 Å². The van der Waals surface area contributed by atoms with Crippen LogP contribution < -0.4 is 0 Å². The number of hydrogen-bond acceptors (Lipinski definition) is 5. The Labute approximate surface area is 172 Å². The normalized spacial score (nSPS) is 21.5. The summed E-state index contributed by atoms with van der Waals surface area (Å²) in [7, 11) is 0. The van der Waals surface area contributed by atoms with Crippen LogP contribution in [-0.2, 0) is 10.9 Å². The Balaban J connectivity index is 1.63. The monoisotopic (exact) mass is 423 g/mol. The lowest BCUT2D eigenvalue weighted by molar-refractivity contribution is -0.137. The third kappa shape index (κ3) is 3.82. The SMILES string of the molecule is CC(C)c1nnc(C2CN(C(=O)c3cccc(C(F)(F)F)c3)CC23CCOCC3)o1. The van der Waals surface area contributed by atoms with Crippen molar-refractivity contribution in [3.63, 3.8) is 0 Å². The highest BCUT2D eigenvalue weighted by Gasteiger charge is 2.51. The first-order valence-electron chi connectivity index (χ1n) is 10.1. The lowest BCUT2D eigenvalue weighted by Gasteiger charge is -2.36. The highest BCUT2D eigenvalue weighted by molar-refractivity contribution is 5.94. The van der Waals surface area contributed by atoms with E-state index in [1.54, 1.807) is 4.90 Å². The van der Waals surface area contributed by atoms with Crippen molar-refractivity contribution in [1.82, 2.24) is 15.1 Å². The average molecular weight is 423 g/mol. The zero-order valence-electron chi connectivity index (χ0n) is 16.9. The molecule has 30 heavy (non-hydrogen) atoms. The molecule has 1 aromatic carbocycles. The number of ether oxygens (including phenoxy) is 1. The van der Waals surface area contributed by atoms with Gasteiger partial charge in [0.1, 0.15) is 0 Å². The lowest BCUT2D eigenvalue weighted by atomic mass is 9.72. The molecule has 4 rings (SSSR count). The number of carbonyl (C=O) groups is 1. The topological polar surface area (TPSA) is 68.5 Å². The van der Waals surface area contributed by atoms with E-state index in [1.165, 1.54) is 12.1 Å². The van der Waals surface area contributed by atoms with Gasteiger partial charge in [0.05, 0.1) is 11.5 Å². The molecule has 0 bridgehead atoms. The molecular formula is C21H24F3N3O3. The molecule has 1 atom stereocenters. The van der Waals surface area contributed by atoms with Gasteiger partial charge in [-0.05, 0) is 31.0 Å². The second-order valence-corrected chi connectivity index (χ2v) is 8.42. The van der Waals surface area contributed by atoms with Crippen molar-refractivity contribution in [3.8, 4) is 0 Å². The Bertz CT molecular complexity index is 919. The number of halogens is 3. The van der Waals surface area contributed by atoms with Gasteiger partial charge in [-0.3, -0.25) is 4.79 Å². The number of nitrogens with zero attached hydrogens (tertiary/aromatic N) is 3. The number of aromatic nitrogens is 2. The molecule has 1 aromatic heterocycles. The number of alkyl halides is 3. The van der Waals surface area contributed by atoms with Crippen molar-refractivity contribution in [1.29, 1.82) is 0 Å². The molecule has 2 fully saturated rings. The third-order valence-electron chi connectivity index (χ3n) is 6.11. The zero-order chi connectivity index (χ0) is 21.5. The van der Waals surface area contributed by atoms with Crippen molar-refractivity contribution in [2.45, 2.75) is 44.7 Å². The van der Waals surface area contributed by atoms with E-state index in [0.717, 1.165) is 25.0 Å². The summed E-state index contributed by atoms with van der Waals surface area (Å²) >= 11 is 0. The Hall–Kier alpha value is -2.42. The van der Waals surface area contributed by atoms with Crippen LogP contribution in [0.3, 0.4) is 0 Å². The summed E-state index contributed by atoms with van der Waals surface area (Å²) < 4.78 is 50.7. The molecule has 1 spiro atoms. The standard InChI is InChI=1S/C21H24F3N3O3/c1-13(2)17-25-26-18(30-17)16-11-27(12-20(16)6-8-29-9-7-20)19(28)14-4-3-5-15(10-14)21(22,23)24/h3-5,10,13,16H,6-9,11-12H2,1-2H3. The maximum absolute atomic E-state index is 13.1. The highest BCUT2D eigenvalue weighted by atomic mass is 19.4. The van der Waals surface area contributed by atoms with Crippen LogP contribution in [-0.4, -0.2) is 47.3 Å². The fourth-order valence-electron chi connectivity index (χ4n) is 4.38. The first kappa shape index (κ1) is 20.8. The maximum atomic E-state index is 13.1. The van der Waals surface area contributed by atoms with E-state index < -0.39 is 17.6 Å². The fraction of sp³-hybridized carbons (Fsp3) is 0.571. The van der Waals surface area contributed by atoms with E-state index in [1.807, 2.05) is 13.8 Å². The second kappa shape index (κ2) is 7.68. The van der Waals surface area contributed by atoms with Crippen LogP contribution in [0.4, 0.5) is 13.2 Å². The van der Waals surface area contributed by atoms with E-state index in [9.17, 15) is 18.0 Å². The van der Waals surface area contributed by atoms with Crippen LogP contribution in [0.25, 0.3) is 0 Å². The van der Waals surface area contributed by atoms with Crippen LogP contribution in [0, 0.1) is 5.41 Å². The van der Waals surface area contributed by atoms with Crippen LogP contribution >= 0.6 is 0 Å². The molecule has 2 aromatic rings. The number of likely N-dealkylation sites (tertiary alicyclic amines) is 1. The molecule has 1 amide bonds. The number of rotatable bonds is 3. The van der Waals surface area contributed by atoms with E-state index in [0.29, 0.717) is 38.1 Å². The molecule has 6 nitrogen and oxygen atoms in total. The van der Waals surface area contributed by atoms with E-state index in [4.69, 9.17) is 9.15 Å². The van der Waals surface area contributed by atoms with Crippen molar-refractivity contribution in [2.75, 3.05) is 26.3 Å². The van der Waals surface area contributed by atoms with Crippen molar-refractivity contribution in [2.24, 2.45) is 5.41 Å². The zero-order valence-corrected chi connectivity index (χ0v) is 16.9. The minimum atomic E-state index is -4.50. The smallest absolute Gasteiger partial charge is 0.416 e. The molecule has 2 saturated heterocycles. The summed E-state index contributed by atoms with van der Waals surface area (Å²) in [6.45, 7) is 5.80. The van der Waals surface area contributed by atoms with Crippen molar-refractivity contribution < 1.29 is 27.1 Å². The van der Waals surface area contributed by atoms with Gasteiger partial charge >= 0.3 is 6.18 Å². The molecule has 2 aliphatic rings. The van der Waals surface area contributed by atoms with Crippen LogP contribution in [0.15, 0.2) is 28.7 Å². The van der Waals surface area contributed by atoms with Gasteiger partial charge in [-0.25, -0.2) is 0 Å². The molecule has 0 radical (unpaired) electrons. The Morgan fingerprint density at radius 1 is 1.23 bits per heavy atom. The molecule has 3 heterocycles. The number of carbonyl (C=O) groups excluding carboxylic acids is 1. The second-order valence-electron chi connectivity index (χ2n) is 8.42. The number of hydrogen-bond donors (Lipinski definition) is 0. The molecule has 162 valence electrons. The van der Waals surface area contributed by atoms with E-state index >= 15 is 0 Å². The van der Waals surface area contributed by atoms with Crippen LogP contribution in [0.2, 0.25) is 0 Å². The van der Waals surface area contributed by atoms with Gasteiger partial charge in [0.25, 0.3) is 5.91 Å². The number of amides is 1. The predicted molar refractivity (Wildman–Crippen MR) is 101 cm³/mol. The van der Waals surface area contributed by atoms with Crippen molar-refractivity contribution in [3.05, 3.63) is 47.2 Å². The summed E-state index contributed by atoms with van der Waals surface area (Å²) in [5.74, 6) is 0.519. The quantitative estimate of drug-likeness (QED) is 0.738. The Morgan fingerprint density at radius 2 is 1.97 bits per heavy atom. The lowest BCUT2D eigenvalue weighted by Crippen LogP contribution is -2.37. The molecule has 2 aliphatic heterocycles. The molecule has 0 N–H and O–H groups in total. The summed E-state index contributed by atoms with van der Waals surface area (Å²) in [6.07, 6.45) is -3.05. The Kier molecular flexibility index (Phi) is 5.34. The minimum absolute atomic E-state index is 0.0288. The summed E-state index contributed by atoms with van der Waals surface area (Å²) in [4.78, 5) is 14.7. The van der Waals surface area contributed by atoms with E-state index in [2.05, 4.69) is 10.2 Å². The molecule has 1 unspecified atom stereocenters. The third-order valence-corrected chi connectivity index (χ3v) is 6.11.